The van der Waals surface area contributed by atoms with Crippen LogP contribution < -0.4 is 0 Å². The smallest absolute Gasteiger partial charge is 0.306 e. The summed E-state index contributed by atoms with van der Waals surface area (Å²) in [5, 5.41) is 0. The topological polar surface area (TPSA) is 78.9 Å². The second-order valence-electron chi connectivity index (χ2n) is 14.9. The molecule has 0 saturated carbocycles. The van der Waals surface area contributed by atoms with E-state index < -0.39 is 12.1 Å². The Kier molecular flexibility index (Phi) is 42.6. The van der Waals surface area contributed by atoms with E-state index in [1.807, 2.05) is 12.2 Å². The van der Waals surface area contributed by atoms with Crippen molar-refractivity contribution >= 4 is 17.9 Å². The summed E-state index contributed by atoms with van der Waals surface area (Å²) < 4.78 is 16.6. The summed E-state index contributed by atoms with van der Waals surface area (Å²) in [5.41, 5.74) is 0. The zero-order chi connectivity index (χ0) is 41.5. The molecule has 1 atom stereocenters. The molecule has 0 saturated heterocycles. The highest BCUT2D eigenvalue weighted by Gasteiger charge is 2.19. The van der Waals surface area contributed by atoms with Gasteiger partial charge >= 0.3 is 17.9 Å². The SMILES string of the molecule is CC/C=C\C/C=C\C/C=C\C/C=C\CCC(=O)OC(COC(=O)CCCCCCC/C=C\C/C=C\CCCCC)COC(=O)CCCCCCC/C=C\CCCC. The maximum absolute atomic E-state index is 12.7. The van der Waals surface area contributed by atoms with Gasteiger partial charge in [0.25, 0.3) is 0 Å². The summed E-state index contributed by atoms with van der Waals surface area (Å²) in [6.07, 6.45) is 57.2. The normalized spacial score (nSPS) is 12.8. The Bertz CT molecular complexity index is 1140. The molecule has 0 radical (unpaired) electrons. The van der Waals surface area contributed by atoms with Gasteiger partial charge in [-0.25, -0.2) is 0 Å². The van der Waals surface area contributed by atoms with Gasteiger partial charge in [0.1, 0.15) is 13.2 Å². The van der Waals surface area contributed by atoms with Crippen LogP contribution in [-0.4, -0.2) is 37.2 Å². The quantitative estimate of drug-likeness (QED) is 0.0266. The Hall–Kier alpha value is -3.41. The van der Waals surface area contributed by atoms with Gasteiger partial charge < -0.3 is 14.2 Å². The van der Waals surface area contributed by atoms with Gasteiger partial charge in [-0.15, -0.1) is 0 Å². The van der Waals surface area contributed by atoms with Crippen LogP contribution in [-0.2, 0) is 28.6 Å². The highest BCUT2D eigenvalue weighted by molar-refractivity contribution is 5.71. The predicted octanol–water partition coefficient (Wildman–Crippen LogP) is 14.9. The molecule has 0 aliphatic rings. The first-order chi connectivity index (χ1) is 28.0. The van der Waals surface area contributed by atoms with Crippen molar-refractivity contribution < 1.29 is 28.6 Å². The lowest BCUT2D eigenvalue weighted by Gasteiger charge is -2.18. The van der Waals surface area contributed by atoms with E-state index in [4.69, 9.17) is 14.2 Å². The van der Waals surface area contributed by atoms with Crippen molar-refractivity contribution in [3.8, 4) is 0 Å². The standard InChI is InChI=1S/C51H84O6/c1-4-7-10-13-16-19-22-24-25-27-29-32-35-38-41-44-50(53)56-47-48(46-55-49(52)43-40-37-34-31-28-21-18-15-12-9-6-3)57-51(54)45-42-39-36-33-30-26-23-20-17-14-11-8-5-2/h8,11,15-20,24-26,30,36,39,48H,4-7,9-10,12-14,21-23,27-29,31-35,37-38,40-47H2,1-3H3/b11-8-,18-15-,19-16-,20-17-,25-24-,30-26-,39-36-. The minimum absolute atomic E-state index is 0.115. The van der Waals surface area contributed by atoms with Gasteiger partial charge in [-0.05, 0) is 96.3 Å². The third kappa shape index (κ3) is 43.6. The molecule has 0 aliphatic carbocycles. The minimum Gasteiger partial charge on any atom is -0.462 e. The molecule has 57 heavy (non-hydrogen) atoms. The number of ether oxygens (including phenoxy) is 3. The number of unbranched alkanes of at least 4 members (excludes halogenated alkanes) is 15. The van der Waals surface area contributed by atoms with E-state index in [2.05, 4.69) is 93.7 Å². The van der Waals surface area contributed by atoms with E-state index >= 15 is 0 Å². The van der Waals surface area contributed by atoms with Crippen molar-refractivity contribution in [3.05, 3.63) is 85.1 Å². The average molecular weight is 793 g/mol. The number of carbonyl (C=O) groups is 3. The molecule has 0 aromatic rings. The molecule has 0 amide bonds. The van der Waals surface area contributed by atoms with Crippen LogP contribution in [0.4, 0.5) is 0 Å². The summed E-state index contributed by atoms with van der Waals surface area (Å²) in [5.74, 6) is -1.03. The molecule has 6 heteroatoms. The van der Waals surface area contributed by atoms with Crippen molar-refractivity contribution in [2.45, 2.75) is 207 Å². The molecule has 0 N–H and O–H groups in total. The zero-order valence-electron chi connectivity index (χ0n) is 36.8. The second kappa shape index (κ2) is 45.3. The van der Waals surface area contributed by atoms with Crippen molar-refractivity contribution in [2.24, 2.45) is 0 Å². The number of carbonyl (C=O) groups excluding carboxylic acids is 3. The largest absolute Gasteiger partial charge is 0.462 e. The molecule has 6 nitrogen and oxygen atoms in total. The fourth-order valence-corrected chi connectivity index (χ4v) is 5.88. The summed E-state index contributed by atoms with van der Waals surface area (Å²) in [7, 11) is 0. The highest BCUT2D eigenvalue weighted by Crippen LogP contribution is 2.12. The van der Waals surface area contributed by atoms with Crippen molar-refractivity contribution in [2.75, 3.05) is 13.2 Å². The van der Waals surface area contributed by atoms with Crippen LogP contribution in [0.25, 0.3) is 0 Å². The molecule has 324 valence electrons. The van der Waals surface area contributed by atoms with E-state index in [9.17, 15) is 14.4 Å². The maximum atomic E-state index is 12.7. The molecular weight excluding hydrogens is 709 g/mol. The first-order valence-electron chi connectivity index (χ1n) is 23.1. The van der Waals surface area contributed by atoms with E-state index in [1.54, 1.807) is 0 Å². The fourth-order valence-electron chi connectivity index (χ4n) is 5.88. The molecule has 0 spiro atoms. The molecule has 0 aromatic heterocycles. The Morgan fingerprint density at radius 2 is 0.737 bits per heavy atom. The highest BCUT2D eigenvalue weighted by atomic mass is 16.6. The Morgan fingerprint density at radius 1 is 0.368 bits per heavy atom. The summed E-state index contributed by atoms with van der Waals surface area (Å²) in [4.78, 5) is 37.7. The zero-order valence-corrected chi connectivity index (χ0v) is 36.8. The summed E-state index contributed by atoms with van der Waals surface area (Å²) in [6, 6.07) is 0. The molecule has 0 aliphatic heterocycles. The Labute approximate surface area is 350 Å². The monoisotopic (exact) mass is 793 g/mol. The lowest BCUT2D eigenvalue weighted by atomic mass is 10.1. The van der Waals surface area contributed by atoms with Gasteiger partial charge in [0.05, 0.1) is 0 Å². The Morgan fingerprint density at radius 3 is 1.21 bits per heavy atom. The molecular formula is C51H84O6. The van der Waals surface area contributed by atoms with Crippen LogP contribution in [0.15, 0.2) is 85.1 Å². The average Bonchev–Trinajstić information content (AvgIpc) is 3.21. The van der Waals surface area contributed by atoms with Crippen molar-refractivity contribution in [1.82, 2.24) is 0 Å². The van der Waals surface area contributed by atoms with Crippen LogP contribution in [0.1, 0.15) is 201 Å². The van der Waals surface area contributed by atoms with Gasteiger partial charge in [-0.2, -0.15) is 0 Å². The second-order valence-corrected chi connectivity index (χ2v) is 14.9. The van der Waals surface area contributed by atoms with Crippen LogP contribution in [0.5, 0.6) is 0 Å². The molecule has 0 rings (SSSR count). The first kappa shape index (κ1) is 53.6. The molecule has 0 fully saturated rings. The van der Waals surface area contributed by atoms with Gasteiger partial charge in [0.2, 0.25) is 0 Å². The lowest BCUT2D eigenvalue weighted by Crippen LogP contribution is -2.30. The van der Waals surface area contributed by atoms with Gasteiger partial charge in [-0.1, -0.05) is 170 Å². The number of hydrogen-bond donors (Lipinski definition) is 0. The molecule has 0 heterocycles. The molecule has 1 unspecified atom stereocenters. The molecule has 0 bridgehead atoms. The number of esters is 3. The summed E-state index contributed by atoms with van der Waals surface area (Å²) in [6.45, 7) is 6.35. The third-order valence-corrected chi connectivity index (χ3v) is 9.37. The maximum Gasteiger partial charge on any atom is 0.306 e. The van der Waals surface area contributed by atoms with E-state index in [0.29, 0.717) is 19.3 Å². The fraction of sp³-hybridized carbons (Fsp3) is 0.667. The number of rotatable bonds is 40. The van der Waals surface area contributed by atoms with Crippen LogP contribution in [0.2, 0.25) is 0 Å². The molecule has 0 aromatic carbocycles. The van der Waals surface area contributed by atoms with Gasteiger partial charge in [0, 0.05) is 19.3 Å². The van der Waals surface area contributed by atoms with Crippen LogP contribution in [0, 0.1) is 0 Å². The number of allylic oxidation sites excluding steroid dienone is 14. The first-order valence-corrected chi connectivity index (χ1v) is 23.1. The van der Waals surface area contributed by atoms with Gasteiger partial charge in [-0.3, -0.25) is 14.4 Å². The van der Waals surface area contributed by atoms with E-state index in [0.717, 1.165) is 103 Å². The van der Waals surface area contributed by atoms with Crippen LogP contribution >= 0.6 is 0 Å². The van der Waals surface area contributed by atoms with E-state index in [1.165, 1.54) is 51.4 Å². The van der Waals surface area contributed by atoms with E-state index in [-0.39, 0.29) is 31.6 Å². The predicted molar refractivity (Wildman–Crippen MR) is 242 cm³/mol. The number of hydrogen-bond acceptors (Lipinski definition) is 6. The van der Waals surface area contributed by atoms with Crippen LogP contribution in [0.3, 0.4) is 0 Å². The van der Waals surface area contributed by atoms with Crippen molar-refractivity contribution in [3.63, 3.8) is 0 Å². The Balaban J connectivity index is 4.52. The summed E-state index contributed by atoms with van der Waals surface area (Å²) >= 11 is 0. The van der Waals surface area contributed by atoms with Crippen molar-refractivity contribution in [1.29, 1.82) is 0 Å². The minimum atomic E-state index is -0.821. The third-order valence-electron chi connectivity index (χ3n) is 9.37. The van der Waals surface area contributed by atoms with Gasteiger partial charge in [0.15, 0.2) is 6.10 Å². The lowest BCUT2D eigenvalue weighted by molar-refractivity contribution is -0.166.